The molecule has 0 saturated carbocycles. The van der Waals surface area contributed by atoms with Crippen LogP contribution in [-0.2, 0) is 10.0 Å². The van der Waals surface area contributed by atoms with Crippen LogP contribution in [0, 0.1) is 0 Å². The number of sulfonamides is 1. The smallest absolute Gasteiger partial charge is 0.314 e. The highest BCUT2D eigenvalue weighted by Gasteiger charge is 2.18. The number of anilines is 1. The normalized spacial score (nSPS) is 13.5. The molecule has 0 amide bonds. The van der Waals surface area contributed by atoms with Crippen molar-refractivity contribution in [3.63, 3.8) is 0 Å². The van der Waals surface area contributed by atoms with Crippen molar-refractivity contribution in [3.8, 4) is 11.5 Å². The van der Waals surface area contributed by atoms with E-state index >= 15 is 0 Å². The molecule has 26 heavy (non-hydrogen) atoms. The third-order valence-corrected chi connectivity index (χ3v) is 5.18. The quantitative estimate of drug-likeness (QED) is 0.580. The van der Waals surface area contributed by atoms with Gasteiger partial charge in [0, 0.05) is 6.07 Å². The van der Waals surface area contributed by atoms with Crippen LogP contribution < -0.4 is 25.3 Å². The van der Waals surface area contributed by atoms with Gasteiger partial charge >= 0.3 is 11.1 Å². The summed E-state index contributed by atoms with van der Waals surface area (Å²) in [7, 11) is -3.91. The second-order valence-electron chi connectivity index (χ2n) is 5.58. The zero-order valence-corrected chi connectivity index (χ0v) is 14.1. The molecule has 0 radical (unpaired) electrons. The maximum atomic E-state index is 12.6. The molecule has 1 aromatic heterocycles. The Kier molecular flexibility index (Phi) is 3.69. The summed E-state index contributed by atoms with van der Waals surface area (Å²) in [6, 6.07) is 8.72. The molecule has 0 bridgehead atoms. The fourth-order valence-electron chi connectivity index (χ4n) is 2.58. The van der Waals surface area contributed by atoms with E-state index in [1.165, 1.54) is 24.3 Å². The molecule has 0 atom stereocenters. The van der Waals surface area contributed by atoms with Crippen molar-refractivity contribution in [1.29, 1.82) is 0 Å². The number of rotatable bonds is 3. The topological polar surface area (TPSA) is 130 Å². The Balaban J connectivity index is 1.70. The van der Waals surface area contributed by atoms with Crippen LogP contribution >= 0.6 is 0 Å². The summed E-state index contributed by atoms with van der Waals surface area (Å²) in [6.45, 7) is 0.828. The number of benzene rings is 2. The molecular formula is C16H13N3O6S. The van der Waals surface area contributed by atoms with Crippen LogP contribution in [-0.4, -0.2) is 31.6 Å². The van der Waals surface area contributed by atoms with E-state index in [0.717, 1.165) is 0 Å². The van der Waals surface area contributed by atoms with Gasteiger partial charge in [-0.05, 0) is 30.3 Å². The first kappa shape index (κ1) is 16.2. The lowest BCUT2D eigenvalue weighted by Gasteiger charge is -2.19. The Morgan fingerprint density at radius 1 is 0.846 bits per heavy atom. The number of H-pyrrole nitrogens is 2. The average molecular weight is 375 g/mol. The van der Waals surface area contributed by atoms with Crippen LogP contribution in [0.25, 0.3) is 11.0 Å². The van der Waals surface area contributed by atoms with Gasteiger partial charge in [-0.2, -0.15) is 0 Å². The van der Waals surface area contributed by atoms with Gasteiger partial charge in [0.2, 0.25) is 0 Å². The molecule has 0 saturated heterocycles. The first-order valence-corrected chi connectivity index (χ1v) is 9.09. The Hall–Kier alpha value is -3.27. The molecule has 134 valence electrons. The molecule has 2 heterocycles. The Morgan fingerprint density at radius 3 is 2.31 bits per heavy atom. The number of aromatic nitrogens is 2. The highest BCUT2D eigenvalue weighted by atomic mass is 32.2. The molecule has 0 fully saturated rings. The summed E-state index contributed by atoms with van der Waals surface area (Å²) in [6.07, 6.45) is 0. The van der Waals surface area contributed by atoms with Gasteiger partial charge in [0.25, 0.3) is 10.0 Å². The molecule has 9 nitrogen and oxygen atoms in total. The zero-order valence-electron chi connectivity index (χ0n) is 13.2. The fraction of sp³-hybridized carbons (Fsp3) is 0.125. The minimum absolute atomic E-state index is 0.0670. The molecule has 0 unspecified atom stereocenters. The molecular weight excluding hydrogens is 362 g/mol. The van der Waals surface area contributed by atoms with Crippen molar-refractivity contribution in [2.45, 2.75) is 4.90 Å². The van der Waals surface area contributed by atoms with Gasteiger partial charge in [-0.15, -0.1) is 0 Å². The van der Waals surface area contributed by atoms with E-state index in [0.29, 0.717) is 35.9 Å². The molecule has 4 rings (SSSR count). The van der Waals surface area contributed by atoms with E-state index < -0.39 is 21.1 Å². The Labute approximate surface area is 146 Å². The number of ether oxygens (including phenoxy) is 2. The monoisotopic (exact) mass is 375 g/mol. The van der Waals surface area contributed by atoms with Crippen molar-refractivity contribution in [3.05, 3.63) is 57.1 Å². The molecule has 1 aliphatic heterocycles. The lowest BCUT2D eigenvalue weighted by molar-refractivity contribution is 0.171. The predicted octanol–water partition coefficient (Wildman–Crippen LogP) is 0.788. The van der Waals surface area contributed by atoms with E-state index in [-0.39, 0.29) is 10.4 Å². The molecule has 3 aromatic rings. The van der Waals surface area contributed by atoms with Crippen molar-refractivity contribution < 1.29 is 17.9 Å². The molecule has 10 heteroatoms. The predicted molar refractivity (Wildman–Crippen MR) is 93.4 cm³/mol. The lowest BCUT2D eigenvalue weighted by atomic mass is 10.3. The van der Waals surface area contributed by atoms with E-state index in [9.17, 15) is 18.0 Å². The second kappa shape index (κ2) is 5.92. The molecule has 3 N–H and O–H groups in total. The molecule has 0 aliphatic carbocycles. The summed E-state index contributed by atoms with van der Waals surface area (Å²) >= 11 is 0. The van der Waals surface area contributed by atoms with Crippen molar-refractivity contribution in [2.24, 2.45) is 0 Å². The van der Waals surface area contributed by atoms with Crippen molar-refractivity contribution in [1.82, 2.24) is 9.97 Å². The SMILES string of the molecule is O=c1[nH]c2ccc(S(=O)(=O)Nc3ccc4c(c3)OCCO4)cc2[nH]c1=O. The number of fused-ring (bicyclic) bond motifs is 2. The molecule has 0 spiro atoms. The molecule has 2 aromatic carbocycles. The average Bonchev–Trinajstić information content (AvgIpc) is 2.62. The fourth-order valence-corrected chi connectivity index (χ4v) is 3.66. The third kappa shape index (κ3) is 2.90. The van der Waals surface area contributed by atoms with Crippen LogP contribution in [0.1, 0.15) is 0 Å². The summed E-state index contributed by atoms with van der Waals surface area (Å²) in [5.41, 5.74) is -0.814. The summed E-state index contributed by atoms with van der Waals surface area (Å²) in [4.78, 5) is 27.4. The zero-order chi connectivity index (χ0) is 18.3. The van der Waals surface area contributed by atoms with Crippen LogP contribution in [0.5, 0.6) is 11.5 Å². The van der Waals surface area contributed by atoms with E-state index in [1.54, 1.807) is 12.1 Å². The van der Waals surface area contributed by atoms with Crippen molar-refractivity contribution >= 4 is 26.7 Å². The van der Waals surface area contributed by atoms with E-state index in [2.05, 4.69) is 14.7 Å². The summed E-state index contributed by atoms with van der Waals surface area (Å²) < 4.78 is 38.5. The van der Waals surface area contributed by atoms with Crippen LogP contribution in [0.15, 0.2) is 50.9 Å². The standard InChI is InChI=1S/C16H13N3O6S/c20-15-16(21)18-12-8-10(2-3-11(12)17-15)26(22,23)19-9-1-4-13-14(7-9)25-6-5-24-13/h1-4,7-8,19H,5-6H2,(H,17,20)(H,18,21). The molecule has 1 aliphatic rings. The van der Waals surface area contributed by atoms with Gasteiger partial charge in [-0.3, -0.25) is 14.3 Å². The first-order valence-electron chi connectivity index (χ1n) is 7.61. The minimum atomic E-state index is -3.91. The lowest BCUT2D eigenvalue weighted by Crippen LogP contribution is -2.29. The van der Waals surface area contributed by atoms with E-state index in [1.807, 2.05) is 0 Å². The van der Waals surface area contributed by atoms with Gasteiger partial charge in [-0.1, -0.05) is 0 Å². The van der Waals surface area contributed by atoms with Gasteiger partial charge < -0.3 is 19.4 Å². The van der Waals surface area contributed by atoms with Crippen LogP contribution in [0.4, 0.5) is 5.69 Å². The van der Waals surface area contributed by atoms with Crippen LogP contribution in [0.2, 0.25) is 0 Å². The van der Waals surface area contributed by atoms with Crippen LogP contribution in [0.3, 0.4) is 0 Å². The number of hydrogen-bond donors (Lipinski definition) is 3. The Bertz CT molecular complexity index is 1230. The first-order chi connectivity index (χ1) is 12.4. The Morgan fingerprint density at radius 2 is 1.54 bits per heavy atom. The maximum absolute atomic E-state index is 12.6. The third-order valence-electron chi connectivity index (χ3n) is 3.80. The summed E-state index contributed by atoms with van der Waals surface area (Å²) in [5.74, 6) is 1.00. The number of nitrogens with one attached hydrogen (secondary N) is 3. The minimum Gasteiger partial charge on any atom is -0.486 e. The highest BCUT2D eigenvalue weighted by molar-refractivity contribution is 7.92. The second-order valence-corrected chi connectivity index (χ2v) is 7.26. The number of aromatic amines is 2. The van der Waals surface area contributed by atoms with Gasteiger partial charge in [0.15, 0.2) is 11.5 Å². The van der Waals surface area contributed by atoms with Gasteiger partial charge in [-0.25, -0.2) is 8.42 Å². The van der Waals surface area contributed by atoms with Gasteiger partial charge in [0.1, 0.15) is 13.2 Å². The van der Waals surface area contributed by atoms with E-state index in [4.69, 9.17) is 9.47 Å². The largest absolute Gasteiger partial charge is 0.486 e. The van der Waals surface area contributed by atoms with Crippen molar-refractivity contribution in [2.75, 3.05) is 17.9 Å². The summed E-state index contributed by atoms with van der Waals surface area (Å²) in [5, 5.41) is 0. The maximum Gasteiger partial charge on any atom is 0.314 e. The number of hydrogen-bond acceptors (Lipinski definition) is 6. The van der Waals surface area contributed by atoms with Gasteiger partial charge in [0.05, 0.1) is 21.6 Å². The highest BCUT2D eigenvalue weighted by Crippen LogP contribution is 2.33.